The Hall–Kier alpha value is -1.50. The van der Waals surface area contributed by atoms with Crippen LogP contribution < -0.4 is 11.0 Å². The van der Waals surface area contributed by atoms with Crippen LogP contribution in [0.15, 0.2) is 16.9 Å². The van der Waals surface area contributed by atoms with Gasteiger partial charge in [0.05, 0.1) is 0 Å². The Balaban J connectivity index is 2.22. The smallest absolute Gasteiger partial charge is 0.364 e. The maximum Gasteiger partial charge on any atom is 0.364 e. The molecule has 2 aromatic rings. The summed E-state index contributed by atoms with van der Waals surface area (Å²) in [6.07, 6.45) is 2.04. The van der Waals surface area contributed by atoms with Gasteiger partial charge in [-0.3, -0.25) is 0 Å². The van der Waals surface area contributed by atoms with Crippen molar-refractivity contribution >= 4 is 23.2 Å². The van der Waals surface area contributed by atoms with Crippen molar-refractivity contribution in [3.05, 3.63) is 22.6 Å². The van der Waals surface area contributed by atoms with Crippen LogP contribution in [0.4, 0.5) is 5.82 Å². The summed E-state index contributed by atoms with van der Waals surface area (Å²) < 4.78 is 1.24. The highest BCUT2D eigenvalue weighted by atomic mass is 32.2. The molecule has 80 valence electrons. The average molecular weight is 225 g/mol. The van der Waals surface area contributed by atoms with Gasteiger partial charge >= 0.3 is 5.69 Å². The molecule has 2 aromatic heterocycles. The number of fused-ring (bicyclic) bond motifs is 1. The minimum absolute atomic E-state index is 0.321. The molecule has 0 atom stereocenters. The summed E-state index contributed by atoms with van der Waals surface area (Å²) in [5, 5.41) is 13.3. The van der Waals surface area contributed by atoms with E-state index in [4.69, 9.17) is 0 Å². The molecule has 0 radical (unpaired) electrons. The second-order valence-electron chi connectivity index (χ2n) is 2.94. The Morgan fingerprint density at radius 1 is 1.60 bits per heavy atom. The normalized spacial score (nSPS) is 10.7. The minimum Gasteiger partial charge on any atom is -0.368 e. The third kappa shape index (κ3) is 2.12. The fourth-order valence-electron chi connectivity index (χ4n) is 1.18. The zero-order valence-electron chi connectivity index (χ0n) is 8.23. The molecule has 0 fully saturated rings. The highest BCUT2D eigenvalue weighted by Crippen LogP contribution is 2.02. The Bertz CT molecular complexity index is 505. The Labute approximate surface area is 90.1 Å². The van der Waals surface area contributed by atoms with Gasteiger partial charge in [0.2, 0.25) is 0 Å². The van der Waals surface area contributed by atoms with E-state index in [2.05, 4.69) is 20.6 Å². The number of nitrogens with one attached hydrogen (secondary N) is 2. The number of aromatic nitrogens is 4. The monoisotopic (exact) mass is 225 g/mol. The number of H-pyrrole nitrogens is 1. The van der Waals surface area contributed by atoms with Gasteiger partial charge in [-0.05, 0) is 18.4 Å². The number of anilines is 1. The van der Waals surface area contributed by atoms with Crippen molar-refractivity contribution in [2.24, 2.45) is 0 Å². The quantitative estimate of drug-likeness (QED) is 0.727. The van der Waals surface area contributed by atoms with Crippen LogP contribution in [0.3, 0.4) is 0 Å². The first-order chi connectivity index (χ1) is 7.31. The highest BCUT2D eigenvalue weighted by Gasteiger charge is 2.01. The molecule has 6 nitrogen and oxygen atoms in total. The molecule has 0 aliphatic rings. The van der Waals surface area contributed by atoms with Crippen LogP contribution in [0.2, 0.25) is 0 Å². The van der Waals surface area contributed by atoms with Crippen molar-refractivity contribution in [2.45, 2.75) is 0 Å². The molecule has 0 bridgehead atoms. The predicted molar refractivity (Wildman–Crippen MR) is 60.5 cm³/mol. The van der Waals surface area contributed by atoms with Gasteiger partial charge < -0.3 is 5.32 Å². The van der Waals surface area contributed by atoms with E-state index in [0.717, 1.165) is 12.3 Å². The van der Waals surface area contributed by atoms with Gasteiger partial charge in [-0.2, -0.15) is 21.4 Å². The van der Waals surface area contributed by atoms with Gasteiger partial charge in [-0.25, -0.2) is 9.89 Å². The van der Waals surface area contributed by atoms with Crippen LogP contribution in [0.25, 0.3) is 5.65 Å². The second-order valence-corrected chi connectivity index (χ2v) is 3.92. The first kappa shape index (κ1) is 10.0. The predicted octanol–water partition coefficient (Wildman–Crippen LogP) is 0.192. The SMILES string of the molecule is CSCCNc1ccc2n[nH]c(=O)n2n1. The van der Waals surface area contributed by atoms with E-state index in [1.165, 1.54) is 4.52 Å². The number of hydrogen-bond acceptors (Lipinski definition) is 5. The summed E-state index contributed by atoms with van der Waals surface area (Å²) in [6.45, 7) is 0.826. The molecular weight excluding hydrogens is 214 g/mol. The van der Waals surface area contributed by atoms with Crippen molar-refractivity contribution in [1.29, 1.82) is 0 Å². The van der Waals surface area contributed by atoms with Gasteiger partial charge in [-0.15, -0.1) is 5.10 Å². The topological polar surface area (TPSA) is 75.1 Å². The number of aromatic amines is 1. The summed E-state index contributed by atoms with van der Waals surface area (Å²) in [5.74, 6) is 1.68. The van der Waals surface area contributed by atoms with Gasteiger partial charge in [0.25, 0.3) is 0 Å². The van der Waals surface area contributed by atoms with Crippen molar-refractivity contribution in [2.75, 3.05) is 23.9 Å². The molecule has 7 heteroatoms. The van der Waals surface area contributed by atoms with E-state index >= 15 is 0 Å². The standard InChI is InChI=1S/C8H11N5OS/c1-15-5-4-9-6-2-3-7-10-11-8(14)13(7)12-6/h2-3H,4-5H2,1H3,(H,9,12)(H,11,14). The molecule has 2 N–H and O–H groups in total. The molecule has 0 amide bonds. The summed E-state index contributed by atoms with van der Waals surface area (Å²) in [5.41, 5.74) is 0.203. The lowest BCUT2D eigenvalue weighted by molar-refractivity contribution is 0.878. The summed E-state index contributed by atoms with van der Waals surface area (Å²) in [4.78, 5) is 11.2. The van der Waals surface area contributed by atoms with Crippen LogP contribution in [-0.4, -0.2) is 38.4 Å². The molecule has 2 rings (SSSR count). The number of thioether (sulfide) groups is 1. The minimum atomic E-state index is -0.321. The molecule has 0 aromatic carbocycles. The Morgan fingerprint density at radius 3 is 3.27 bits per heavy atom. The van der Waals surface area contributed by atoms with E-state index in [9.17, 15) is 4.79 Å². The maximum atomic E-state index is 11.2. The largest absolute Gasteiger partial charge is 0.368 e. The summed E-state index contributed by atoms with van der Waals surface area (Å²) in [6, 6.07) is 3.54. The van der Waals surface area contributed by atoms with Crippen molar-refractivity contribution in [1.82, 2.24) is 19.8 Å². The molecule has 2 heterocycles. The van der Waals surface area contributed by atoms with Crippen molar-refractivity contribution < 1.29 is 0 Å². The fraction of sp³-hybridized carbons (Fsp3) is 0.375. The van der Waals surface area contributed by atoms with Gasteiger partial charge in [-0.1, -0.05) is 0 Å². The molecular formula is C8H11N5OS. The summed E-state index contributed by atoms with van der Waals surface area (Å²) >= 11 is 1.75. The average Bonchev–Trinajstić information content (AvgIpc) is 2.61. The first-order valence-corrected chi connectivity index (χ1v) is 5.88. The zero-order valence-corrected chi connectivity index (χ0v) is 9.04. The van der Waals surface area contributed by atoms with Crippen LogP contribution in [-0.2, 0) is 0 Å². The molecule has 0 spiro atoms. The van der Waals surface area contributed by atoms with E-state index in [1.807, 2.05) is 6.26 Å². The van der Waals surface area contributed by atoms with Crippen molar-refractivity contribution in [3.63, 3.8) is 0 Å². The van der Waals surface area contributed by atoms with Crippen molar-refractivity contribution in [3.8, 4) is 0 Å². The maximum absolute atomic E-state index is 11.2. The molecule has 0 unspecified atom stereocenters. The summed E-state index contributed by atoms with van der Waals surface area (Å²) in [7, 11) is 0. The zero-order chi connectivity index (χ0) is 10.7. The Kier molecular flexibility index (Phi) is 2.91. The molecule has 0 saturated heterocycles. The van der Waals surface area contributed by atoms with E-state index < -0.39 is 0 Å². The van der Waals surface area contributed by atoms with E-state index in [-0.39, 0.29) is 5.69 Å². The number of nitrogens with zero attached hydrogens (tertiary/aromatic N) is 3. The molecule has 15 heavy (non-hydrogen) atoms. The third-order valence-corrected chi connectivity index (χ3v) is 2.50. The lowest BCUT2D eigenvalue weighted by Gasteiger charge is -2.03. The van der Waals surface area contributed by atoms with E-state index in [0.29, 0.717) is 11.5 Å². The van der Waals surface area contributed by atoms with Crippen LogP contribution in [0.5, 0.6) is 0 Å². The third-order valence-electron chi connectivity index (χ3n) is 1.89. The fourth-order valence-corrected chi connectivity index (χ4v) is 1.48. The molecule has 0 aliphatic carbocycles. The highest BCUT2D eigenvalue weighted by molar-refractivity contribution is 7.98. The van der Waals surface area contributed by atoms with Gasteiger partial charge in [0.15, 0.2) is 5.65 Å². The first-order valence-electron chi connectivity index (χ1n) is 4.48. The second kappa shape index (κ2) is 4.35. The van der Waals surface area contributed by atoms with Gasteiger partial charge in [0.1, 0.15) is 5.82 Å². The van der Waals surface area contributed by atoms with E-state index in [1.54, 1.807) is 23.9 Å². The number of hydrogen-bond donors (Lipinski definition) is 2. The van der Waals surface area contributed by atoms with Crippen LogP contribution in [0.1, 0.15) is 0 Å². The molecule has 0 aliphatic heterocycles. The number of rotatable bonds is 4. The molecule has 0 saturated carbocycles. The van der Waals surface area contributed by atoms with Gasteiger partial charge in [0, 0.05) is 12.3 Å². The van der Waals surface area contributed by atoms with Crippen LogP contribution in [0, 0.1) is 0 Å². The van der Waals surface area contributed by atoms with Crippen LogP contribution >= 0.6 is 11.8 Å². The lowest BCUT2D eigenvalue weighted by atomic mass is 10.5. The lowest BCUT2D eigenvalue weighted by Crippen LogP contribution is -2.14. The Morgan fingerprint density at radius 2 is 2.47 bits per heavy atom.